The van der Waals surface area contributed by atoms with Gasteiger partial charge >= 0.3 is 6.09 Å². The van der Waals surface area contributed by atoms with Gasteiger partial charge in [0.1, 0.15) is 5.60 Å². The van der Waals surface area contributed by atoms with Gasteiger partial charge in [0.15, 0.2) is 17.5 Å². The van der Waals surface area contributed by atoms with Crippen LogP contribution in [-0.4, -0.2) is 58.7 Å². The third kappa shape index (κ3) is 4.83. The number of likely N-dealkylation sites (tertiary alicyclic amines) is 1. The first-order valence-electron chi connectivity index (χ1n) is 7.63. The summed E-state index contributed by atoms with van der Waals surface area (Å²) >= 11 is 0. The van der Waals surface area contributed by atoms with Crippen molar-refractivity contribution in [3.63, 3.8) is 0 Å². The number of nitrogens with one attached hydrogen (secondary N) is 1. The van der Waals surface area contributed by atoms with Gasteiger partial charge in [-0.25, -0.2) is 14.9 Å². The number of ether oxygens (including phenoxy) is 1. The molecule has 2 aliphatic heterocycles. The summed E-state index contributed by atoms with van der Waals surface area (Å²) in [5, 5.41) is 14.6. The molecule has 0 aromatic heterocycles. The Labute approximate surface area is 135 Å². The zero-order chi connectivity index (χ0) is 17.0. The van der Waals surface area contributed by atoms with E-state index in [9.17, 15) is 14.9 Å². The van der Waals surface area contributed by atoms with Gasteiger partial charge in [0.25, 0.3) is 0 Å². The van der Waals surface area contributed by atoms with Crippen LogP contribution in [0.5, 0.6) is 0 Å². The van der Waals surface area contributed by atoms with Crippen LogP contribution in [0.2, 0.25) is 0 Å². The second-order valence-electron chi connectivity index (χ2n) is 6.57. The number of hydrazine groups is 1. The van der Waals surface area contributed by atoms with Gasteiger partial charge in [-0.2, -0.15) is 0 Å². The van der Waals surface area contributed by atoms with E-state index >= 15 is 0 Å². The quantitative estimate of drug-likeness (QED) is 0.621. The van der Waals surface area contributed by atoms with Crippen LogP contribution in [0.4, 0.5) is 4.79 Å². The highest BCUT2D eigenvalue weighted by molar-refractivity contribution is 5.72. The van der Waals surface area contributed by atoms with E-state index in [2.05, 4.69) is 10.3 Å². The van der Waals surface area contributed by atoms with Crippen LogP contribution in [0.15, 0.2) is 16.9 Å². The van der Waals surface area contributed by atoms with Gasteiger partial charge in [-0.3, -0.25) is 4.99 Å². The molecular weight excluding hydrogens is 302 g/mol. The number of aliphatic imine (C=N–C) groups is 1. The van der Waals surface area contributed by atoms with Gasteiger partial charge in [-0.15, -0.1) is 0 Å². The van der Waals surface area contributed by atoms with Gasteiger partial charge in [0, 0.05) is 31.4 Å². The van der Waals surface area contributed by atoms with E-state index in [4.69, 9.17) is 4.74 Å². The second-order valence-corrected chi connectivity index (χ2v) is 6.57. The average Bonchev–Trinajstić information content (AvgIpc) is 2.46. The van der Waals surface area contributed by atoms with Crippen molar-refractivity contribution in [3.8, 4) is 0 Å². The number of carbonyl (C=O) groups excluding carboxylic acids is 1. The summed E-state index contributed by atoms with van der Waals surface area (Å²) in [5.41, 5.74) is -0.539. The number of piperidine rings is 1. The molecule has 1 N–H and O–H groups in total. The fourth-order valence-electron chi connectivity index (χ4n) is 2.47. The second kappa shape index (κ2) is 6.84. The molecule has 2 aliphatic rings. The van der Waals surface area contributed by atoms with E-state index in [-0.39, 0.29) is 18.8 Å². The first kappa shape index (κ1) is 17.0. The topological polar surface area (TPSA) is 100 Å². The maximum absolute atomic E-state index is 12.1. The van der Waals surface area contributed by atoms with Crippen molar-refractivity contribution in [2.75, 3.05) is 19.8 Å². The molecule has 0 aliphatic carbocycles. The van der Waals surface area contributed by atoms with Crippen molar-refractivity contribution in [3.05, 3.63) is 22.0 Å². The van der Waals surface area contributed by atoms with Crippen LogP contribution in [0.25, 0.3) is 0 Å². The number of amides is 1. The molecule has 0 radical (unpaired) electrons. The van der Waals surface area contributed by atoms with Crippen LogP contribution in [0, 0.1) is 10.1 Å². The number of hydrogen-bond donors (Lipinski definition) is 1. The van der Waals surface area contributed by atoms with Gasteiger partial charge < -0.3 is 15.0 Å². The van der Waals surface area contributed by atoms with E-state index in [1.54, 1.807) is 11.0 Å². The molecule has 1 fully saturated rings. The minimum Gasteiger partial charge on any atom is -0.444 e. The zero-order valence-electron chi connectivity index (χ0n) is 13.7. The minimum absolute atomic E-state index is 0.0195. The lowest BCUT2D eigenvalue weighted by Gasteiger charge is -2.35. The molecule has 0 spiro atoms. The number of allylic oxidation sites excluding steroid dienone is 1. The van der Waals surface area contributed by atoms with Crippen LogP contribution in [0.3, 0.4) is 0 Å². The summed E-state index contributed by atoms with van der Waals surface area (Å²) in [7, 11) is 0. The van der Waals surface area contributed by atoms with Crippen LogP contribution < -0.4 is 5.32 Å². The SMILES string of the molecule is CC(C)(C)OC(=O)N1CCCC(NC2=CC=NCN2[N+](=O)[O-])C1. The Kier molecular flexibility index (Phi) is 5.07. The van der Waals surface area contributed by atoms with Crippen molar-refractivity contribution in [1.82, 2.24) is 15.2 Å². The molecule has 128 valence electrons. The van der Waals surface area contributed by atoms with Crippen molar-refractivity contribution in [2.45, 2.75) is 45.3 Å². The third-order valence-electron chi connectivity index (χ3n) is 3.45. The number of rotatable bonds is 3. The predicted octanol–water partition coefficient (Wildman–Crippen LogP) is 1.35. The molecule has 0 bridgehead atoms. The van der Waals surface area contributed by atoms with Gasteiger partial charge in [-0.05, 0) is 33.6 Å². The number of nitro groups is 1. The minimum atomic E-state index is -0.539. The van der Waals surface area contributed by atoms with Crippen molar-refractivity contribution >= 4 is 12.3 Å². The average molecular weight is 325 g/mol. The molecule has 1 amide bonds. The summed E-state index contributed by atoms with van der Waals surface area (Å²) in [5.74, 6) is 0.390. The molecule has 0 aromatic carbocycles. The van der Waals surface area contributed by atoms with E-state index < -0.39 is 10.6 Å². The standard InChI is InChI=1S/C14H23N5O4/c1-14(2,3)23-13(20)17-8-4-5-11(9-17)16-12-6-7-15-10-18(12)19(21)22/h6-7,11,16H,4-5,8-10H2,1-3H3. The van der Waals surface area contributed by atoms with Crippen molar-refractivity contribution in [2.24, 2.45) is 4.99 Å². The van der Waals surface area contributed by atoms with Crippen LogP contribution in [0.1, 0.15) is 33.6 Å². The van der Waals surface area contributed by atoms with Crippen LogP contribution >= 0.6 is 0 Å². The van der Waals surface area contributed by atoms with E-state index in [1.165, 1.54) is 6.21 Å². The Hall–Kier alpha value is -2.32. The molecule has 1 saturated heterocycles. The lowest BCUT2D eigenvalue weighted by molar-refractivity contribution is -0.645. The fourth-order valence-corrected chi connectivity index (χ4v) is 2.47. The van der Waals surface area contributed by atoms with Crippen molar-refractivity contribution in [1.29, 1.82) is 0 Å². The van der Waals surface area contributed by atoms with Crippen molar-refractivity contribution < 1.29 is 14.6 Å². The number of nitrogens with zero attached hydrogens (tertiary/aromatic N) is 4. The Morgan fingerprint density at radius 3 is 2.91 bits per heavy atom. The molecule has 2 rings (SSSR count). The van der Waals surface area contributed by atoms with Crippen LogP contribution in [-0.2, 0) is 4.74 Å². The summed E-state index contributed by atoms with van der Waals surface area (Å²) < 4.78 is 5.38. The summed E-state index contributed by atoms with van der Waals surface area (Å²) in [6.45, 7) is 6.54. The normalized spacial score (nSPS) is 21.7. The van der Waals surface area contributed by atoms with Gasteiger partial charge in [-0.1, -0.05) is 5.01 Å². The Morgan fingerprint density at radius 2 is 2.26 bits per heavy atom. The molecule has 1 unspecified atom stereocenters. The lowest BCUT2D eigenvalue weighted by Crippen LogP contribution is -2.51. The third-order valence-corrected chi connectivity index (χ3v) is 3.45. The highest BCUT2D eigenvalue weighted by Gasteiger charge is 2.30. The van der Waals surface area contributed by atoms with E-state index in [0.29, 0.717) is 18.9 Å². The number of carbonyl (C=O) groups is 1. The first-order valence-corrected chi connectivity index (χ1v) is 7.63. The molecule has 0 aromatic rings. The first-order chi connectivity index (χ1) is 10.8. The molecule has 9 heteroatoms. The predicted molar refractivity (Wildman–Crippen MR) is 84.2 cm³/mol. The smallest absolute Gasteiger partial charge is 0.410 e. The Morgan fingerprint density at radius 1 is 1.52 bits per heavy atom. The van der Waals surface area contributed by atoms with Gasteiger partial charge in [0.05, 0.1) is 0 Å². The molecule has 23 heavy (non-hydrogen) atoms. The molecule has 1 atom stereocenters. The molecule has 0 saturated carbocycles. The molecular formula is C14H23N5O4. The maximum atomic E-state index is 12.1. The fraction of sp³-hybridized carbons (Fsp3) is 0.714. The van der Waals surface area contributed by atoms with E-state index in [0.717, 1.165) is 17.9 Å². The highest BCUT2D eigenvalue weighted by atomic mass is 16.7. The van der Waals surface area contributed by atoms with Gasteiger partial charge in [0.2, 0.25) is 0 Å². The largest absolute Gasteiger partial charge is 0.444 e. The highest BCUT2D eigenvalue weighted by Crippen LogP contribution is 2.17. The molecule has 2 heterocycles. The summed E-state index contributed by atoms with van der Waals surface area (Å²) in [6.07, 6.45) is 4.40. The molecule has 9 nitrogen and oxygen atoms in total. The lowest BCUT2D eigenvalue weighted by atomic mass is 10.1. The number of hydrogen-bond acceptors (Lipinski definition) is 6. The van der Waals surface area contributed by atoms with E-state index in [1.807, 2.05) is 20.8 Å². The Bertz CT molecular complexity index is 526. The maximum Gasteiger partial charge on any atom is 0.410 e. The zero-order valence-corrected chi connectivity index (χ0v) is 13.7. The Balaban J connectivity index is 1.96. The summed E-state index contributed by atoms with van der Waals surface area (Å²) in [6, 6.07) is -0.0588. The summed E-state index contributed by atoms with van der Waals surface area (Å²) in [4.78, 5) is 28.7. The monoisotopic (exact) mass is 325 g/mol.